The molecular weight excluding hydrogens is 264 g/mol. The van der Waals surface area contributed by atoms with Gasteiger partial charge in [-0.1, -0.05) is 18.2 Å². The van der Waals surface area contributed by atoms with Gasteiger partial charge in [0.05, 0.1) is 0 Å². The zero-order valence-electron chi connectivity index (χ0n) is 12.0. The molecule has 0 aliphatic carbocycles. The normalized spacial score (nSPS) is 15.1. The predicted molar refractivity (Wildman–Crippen MR) is 83.2 cm³/mol. The third kappa shape index (κ3) is 2.92. The molecule has 1 amide bonds. The quantitative estimate of drug-likeness (QED) is 0.832. The van der Waals surface area contributed by atoms with E-state index in [-0.39, 0.29) is 5.91 Å². The van der Waals surface area contributed by atoms with E-state index in [2.05, 4.69) is 5.32 Å². The van der Waals surface area contributed by atoms with E-state index < -0.39 is 0 Å². The van der Waals surface area contributed by atoms with Gasteiger partial charge in [-0.15, -0.1) is 0 Å². The Hall–Kier alpha value is -2.27. The summed E-state index contributed by atoms with van der Waals surface area (Å²) < 4.78 is 1.97. The summed E-state index contributed by atoms with van der Waals surface area (Å²) in [5, 5.41) is 3.26. The number of anilines is 1. The maximum Gasteiger partial charge on any atom is 0.270 e. The zero-order valence-corrected chi connectivity index (χ0v) is 12.0. The van der Waals surface area contributed by atoms with Gasteiger partial charge < -0.3 is 20.5 Å². The molecule has 2 aromatic rings. The van der Waals surface area contributed by atoms with Gasteiger partial charge in [-0.05, 0) is 23.8 Å². The molecule has 3 rings (SSSR count). The van der Waals surface area contributed by atoms with Gasteiger partial charge >= 0.3 is 0 Å². The number of aromatic nitrogens is 1. The largest absolute Gasteiger partial charge is 0.398 e. The summed E-state index contributed by atoms with van der Waals surface area (Å²) in [5.74, 6) is 0.0935. The van der Waals surface area contributed by atoms with Crippen LogP contribution in [0.1, 0.15) is 16.1 Å². The maximum absolute atomic E-state index is 12.6. The fourth-order valence-corrected chi connectivity index (χ4v) is 2.64. The summed E-state index contributed by atoms with van der Waals surface area (Å²) >= 11 is 0. The van der Waals surface area contributed by atoms with Crippen LogP contribution < -0.4 is 11.1 Å². The van der Waals surface area contributed by atoms with E-state index in [0.29, 0.717) is 6.54 Å². The molecule has 110 valence electrons. The Morgan fingerprint density at radius 2 is 1.90 bits per heavy atom. The number of nitrogens with one attached hydrogen (secondary N) is 1. The standard InChI is InChI=1S/C16H20N4O/c17-14-5-2-1-4-13(14)12-20-9-3-6-15(20)16(21)19-10-7-18-8-11-19/h1-6,9,18H,7-8,10-12,17H2. The summed E-state index contributed by atoms with van der Waals surface area (Å²) in [6.07, 6.45) is 1.93. The highest BCUT2D eigenvalue weighted by Crippen LogP contribution is 2.15. The van der Waals surface area contributed by atoms with Crippen molar-refractivity contribution in [3.8, 4) is 0 Å². The van der Waals surface area contributed by atoms with Gasteiger partial charge in [0.2, 0.25) is 0 Å². The predicted octanol–water partition coefficient (Wildman–Crippen LogP) is 1.16. The number of carbonyl (C=O) groups excluding carboxylic acids is 1. The van der Waals surface area contributed by atoms with Gasteiger partial charge in [-0.2, -0.15) is 0 Å². The van der Waals surface area contributed by atoms with Gasteiger partial charge in [0.1, 0.15) is 5.69 Å². The van der Waals surface area contributed by atoms with E-state index in [1.807, 2.05) is 52.1 Å². The maximum atomic E-state index is 12.6. The highest BCUT2D eigenvalue weighted by Gasteiger charge is 2.20. The van der Waals surface area contributed by atoms with E-state index in [4.69, 9.17) is 5.73 Å². The van der Waals surface area contributed by atoms with Gasteiger partial charge in [0.25, 0.3) is 5.91 Å². The number of benzene rings is 1. The molecule has 0 spiro atoms. The van der Waals surface area contributed by atoms with Crippen LogP contribution >= 0.6 is 0 Å². The van der Waals surface area contributed by atoms with Crippen LogP contribution in [0.3, 0.4) is 0 Å². The Morgan fingerprint density at radius 1 is 1.14 bits per heavy atom. The molecule has 0 radical (unpaired) electrons. The molecule has 0 atom stereocenters. The van der Waals surface area contributed by atoms with Crippen molar-refractivity contribution in [3.63, 3.8) is 0 Å². The highest BCUT2D eigenvalue weighted by atomic mass is 16.2. The summed E-state index contributed by atoms with van der Waals surface area (Å²) in [4.78, 5) is 14.5. The first-order valence-corrected chi connectivity index (χ1v) is 7.24. The third-order valence-electron chi connectivity index (χ3n) is 3.85. The number of nitrogens with zero attached hydrogens (tertiary/aromatic N) is 2. The van der Waals surface area contributed by atoms with E-state index in [0.717, 1.165) is 43.1 Å². The summed E-state index contributed by atoms with van der Waals surface area (Å²) in [6.45, 7) is 3.86. The Balaban J connectivity index is 1.80. The van der Waals surface area contributed by atoms with Crippen LogP contribution in [0.25, 0.3) is 0 Å². The fourth-order valence-electron chi connectivity index (χ4n) is 2.64. The Labute approximate surface area is 124 Å². The number of nitrogens with two attached hydrogens (primary N) is 1. The van der Waals surface area contributed by atoms with Crippen LogP contribution in [-0.2, 0) is 6.54 Å². The zero-order chi connectivity index (χ0) is 14.7. The van der Waals surface area contributed by atoms with Gasteiger partial charge in [0, 0.05) is 44.6 Å². The minimum Gasteiger partial charge on any atom is -0.398 e. The van der Waals surface area contributed by atoms with Crippen molar-refractivity contribution in [1.29, 1.82) is 0 Å². The monoisotopic (exact) mass is 284 g/mol. The third-order valence-corrected chi connectivity index (χ3v) is 3.85. The van der Waals surface area contributed by atoms with Crippen LogP contribution in [0, 0.1) is 0 Å². The first-order valence-electron chi connectivity index (χ1n) is 7.24. The van der Waals surface area contributed by atoms with E-state index in [1.54, 1.807) is 0 Å². The Morgan fingerprint density at radius 3 is 2.67 bits per heavy atom. The minimum atomic E-state index is 0.0935. The lowest BCUT2D eigenvalue weighted by Gasteiger charge is -2.27. The molecule has 3 N–H and O–H groups in total. The second kappa shape index (κ2) is 6.01. The molecule has 1 aliphatic heterocycles. The fraction of sp³-hybridized carbons (Fsp3) is 0.312. The van der Waals surface area contributed by atoms with Gasteiger partial charge in [-0.3, -0.25) is 4.79 Å². The smallest absolute Gasteiger partial charge is 0.270 e. The van der Waals surface area contributed by atoms with Crippen molar-refractivity contribution < 1.29 is 4.79 Å². The molecule has 2 heterocycles. The van der Waals surface area contributed by atoms with Crippen molar-refractivity contribution in [3.05, 3.63) is 53.9 Å². The van der Waals surface area contributed by atoms with Crippen molar-refractivity contribution in [1.82, 2.24) is 14.8 Å². The molecule has 1 aromatic heterocycles. The average molecular weight is 284 g/mol. The second-order valence-electron chi connectivity index (χ2n) is 5.26. The first-order chi connectivity index (χ1) is 10.3. The van der Waals surface area contributed by atoms with Crippen LogP contribution in [0.4, 0.5) is 5.69 Å². The Bertz CT molecular complexity index is 629. The van der Waals surface area contributed by atoms with Crippen molar-refractivity contribution in [2.24, 2.45) is 0 Å². The first kappa shape index (κ1) is 13.7. The number of hydrogen-bond donors (Lipinski definition) is 2. The Kier molecular flexibility index (Phi) is 3.92. The lowest BCUT2D eigenvalue weighted by molar-refractivity contribution is 0.0725. The van der Waals surface area contributed by atoms with Crippen molar-refractivity contribution in [2.75, 3.05) is 31.9 Å². The minimum absolute atomic E-state index is 0.0935. The van der Waals surface area contributed by atoms with Gasteiger partial charge in [0.15, 0.2) is 0 Å². The number of nitrogen functional groups attached to an aromatic ring is 1. The second-order valence-corrected chi connectivity index (χ2v) is 5.26. The molecule has 0 bridgehead atoms. The van der Waals surface area contributed by atoms with Crippen molar-refractivity contribution >= 4 is 11.6 Å². The van der Waals surface area contributed by atoms with E-state index >= 15 is 0 Å². The molecule has 1 fully saturated rings. The van der Waals surface area contributed by atoms with Crippen LogP contribution in [-0.4, -0.2) is 41.6 Å². The summed E-state index contributed by atoms with van der Waals surface area (Å²) in [5.41, 5.74) is 8.50. The van der Waals surface area contributed by atoms with E-state index in [1.165, 1.54) is 0 Å². The molecule has 5 heteroatoms. The molecule has 21 heavy (non-hydrogen) atoms. The number of para-hydroxylation sites is 1. The lowest BCUT2D eigenvalue weighted by Crippen LogP contribution is -2.46. The van der Waals surface area contributed by atoms with Crippen molar-refractivity contribution in [2.45, 2.75) is 6.54 Å². The van der Waals surface area contributed by atoms with E-state index in [9.17, 15) is 4.79 Å². The number of rotatable bonds is 3. The molecule has 0 saturated carbocycles. The number of hydrogen-bond acceptors (Lipinski definition) is 3. The average Bonchev–Trinajstić information content (AvgIpc) is 2.98. The highest BCUT2D eigenvalue weighted by molar-refractivity contribution is 5.93. The molecule has 1 aromatic carbocycles. The van der Waals surface area contributed by atoms with Crippen LogP contribution in [0.5, 0.6) is 0 Å². The molecule has 1 aliphatic rings. The molecule has 1 saturated heterocycles. The molecule has 0 unspecified atom stereocenters. The summed E-state index contributed by atoms with van der Waals surface area (Å²) in [6, 6.07) is 11.6. The number of amides is 1. The van der Waals surface area contributed by atoms with Crippen LogP contribution in [0.15, 0.2) is 42.6 Å². The number of carbonyl (C=O) groups is 1. The SMILES string of the molecule is Nc1ccccc1Cn1cccc1C(=O)N1CCNCC1. The lowest BCUT2D eigenvalue weighted by atomic mass is 10.2. The van der Waals surface area contributed by atoms with Crippen LogP contribution in [0.2, 0.25) is 0 Å². The number of piperazine rings is 1. The van der Waals surface area contributed by atoms with Gasteiger partial charge in [-0.25, -0.2) is 0 Å². The molecular formula is C16H20N4O. The topological polar surface area (TPSA) is 63.3 Å². The summed E-state index contributed by atoms with van der Waals surface area (Å²) in [7, 11) is 0. The molecule has 5 nitrogen and oxygen atoms in total.